The van der Waals surface area contributed by atoms with Crippen molar-refractivity contribution in [1.82, 2.24) is 4.90 Å². The van der Waals surface area contributed by atoms with E-state index in [9.17, 15) is 4.79 Å². The molecule has 1 saturated heterocycles. The molecule has 2 unspecified atom stereocenters. The first kappa shape index (κ1) is 10.8. The summed E-state index contributed by atoms with van der Waals surface area (Å²) in [5.74, 6) is 0.503. The zero-order valence-electron chi connectivity index (χ0n) is 8.12. The van der Waals surface area contributed by atoms with Crippen molar-refractivity contribution in [2.75, 3.05) is 19.5 Å². The standard InChI is InChI=1S/C9H16ClNO2/c1-7-8(4-6-13-7)11(2)9(12)3-5-10/h7-8H,3-6H2,1-2H3. The Morgan fingerprint density at radius 3 is 2.85 bits per heavy atom. The van der Waals surface area contributed by atoms with E-state index < -0.39 is 0 Å². The lowest BCUT2D eigenvalue weighted by Crippen LogP contribution is -2.41. The second kappa shape index (κ2) is 4.82. The molecule has 2 atom stereocenters. The second-order valence-corrected chi connectivity index (χ2v) is 3.75. The van der Waals surface area contributed by atoms with E-state index >= 15 is 0 Å². The molecule has 0 aromatic heterocycles. The molecule has 0 aromatic carbocycles. The van der Waals surface area contributed by atoms with E-state index in [1.165, 1.54) is 0 Å². The van der Waals surface area contributed by atoms with Gasteiger partial charge in [0, 0.05) is 26.0 Å². The molecule has 1 amide bonds. The molecule has 76 valence electrons. The number of carbonyl (C=O) groups is 1. The average molecular weight is 206 g/mol. The number of hydrogen-bond acceptors (Lipinski definition) is 2. The van der Waals surface area contributed by atoms with E-state index in [1.54, 1.807) is 4.90 Å². The first-order chi connectivity index (χ1) is 6.16. The van der Waals surface area contributed by atoms with Crippen LogP contribution in [-0.2, 0) is 9.53 Å². The van der Waals surface area contributed by atoms with E-state index in [4.69, 9.17) is 16.3 Å². The number of hydrogen-bond donors (Lipinski definition) is 0. The molecule has 1 fully saturated rings. The number of alkyl halides is 1. The van der Waals surface area contributed by atoms with Crippen molar-refractivity contribution in [3.63, 3.8) is 0 Å². The summed E-state index contributed by atoms with van der Waals surface area (Å²) in [4.78, 5) is 13.2. The highest BCUT2D eigenvalue weighted by Crippen LogP contribution is 2.18. The van der Waals surface area contributed by atoms with E-state index in [0.717, 1.165) is 13.0 Å². The molecule has 1 rings (SSSR count). The van der Waals surface area contributed by atoms with Gasteiger partial charge < -0.3 is 9.64 Å². The van der Waals surface area contributed by atoms with Crippen LogP contribution in [0.4, 0.5) is 0 Å². The number of rotatable bonds is 3. The Hall–Kier alpha value is -0.280. The van der Waals surface area contributed by atoms with Gasteiger partial charge in [0.15, 0.2) is 0 Å². The van der Waals surface area contributed by atoms with Gasteiger partial charge in [-0.1, -0.05) is 0 Å². The van der Waals surface area contributed by atoms with Crippen molar-refractivity contribution in [2.24, 2.45) is 0 Å². The minimum absolute atomic E-state index is 0.109. The summed E-state index contributed by atoms with van der Waals surface area (Å²) in [5, 5.41) is 0. The summed E-state index contributed by atoms with van der Waals surface area (Å²) in [7, 11) is 1.82. The number of nitrogens with zero attached hydrogens (tertiary/aromatic N) is 1. The van der Waals surface area contributed by atoms with Gasteiger partial charge in [-0.25, -0.2) is 0 Å². The molecule has 0 N–H and O–H groups in total. The van der Waals surface area contributed by atoms with Crippen molar-refractivity contribution < 1.29 is 9.53 Å². The molecule has 0 aliphatic carbocycles. The van der Waals surface area contributed by atoms with Crippen LogP contribution in [0.5, 0.6) is 0 Å². The molecule has 13 heavy (non-hydrogen) atoms. The normalized spacial score (nSPS) is 27.6. The van der Waals surface area contributed by atoms with Crippen molar-refractivity contribution in [3.05, 3.63) is 0 Å². The first-order valence-electron chi connectivity index (χ1n) is 4.60. The third-order valence-electron chi connectivity index (χ3n) is 2.54. The molecule has 4 heteroatoms. The lowest BCUT2D eigenvalue weighted by atomic mass is 10.1. The van der Waals surface area contributed by atoms with E-state index in [2.05, 4.69) is 0 Å². The Morgan fingerprint density at radius 2 is 2.38 bits per heavy atom. The summed E-state index contributed by atoms with van der Waals surface area (Å²) in [6, 6.07) is 0.232. The van der Waals surface area contributed by atoms with Gasteiger partial charge in [-0.05, 0) is 13.3 Å². The van der Waals surface area contributed by atoms with Crippen molar-refractivity contribution in [3.8, 4) is 0 Å². The number of likely N-dealkylation sites (N-methyl/N-ethyl adjacent to an activating group) is 1. The summed E-state index contributed by atoms with van der Waals surface area (Å²) in [6.45, 7) is 2.76. The summed E-state index contributed by atoms with van der Waals surface area (Å²) in [6.07, 6.45) is 1.51. The van der Waals surface area contributed by atoms with Gasteiger partial charge in [-0.3, -0.25) is 4.79 Å². The third kappa shape index (κ3) is 2.58. The monoisotopic (exact) mass is 205 g/mol. The van der Waals surface area contributed by atoms with Crippen LogP contribution in [0, 0.1) is 0 Å². The Balaban J connectivity index is 2.45. The van der Waals surface area contributed by atoms with Crippen LogP contribution in [0.15, 0.2) is 0 Å². The minimum atomic E-state index is 0.109. The SMILES string of the molecule is CC1OCCC1N(C)C(=O)CCCl. The van der Waals surface area contributed by atoms with Gasteiger partial charge in [-0.2, -0.15) is 0 Å². The average Bonchev–Trinajstić information content (AvgIpc) is 2.50. The van der Waals surface area contributed by atoms with Gasteiger partial charge in [-0.15, -0.1) is 11.6 Å². The van der Waals surface area contributed by atoms with Crippen LogP contribution in [0.25, 0.3) is 0 Å². The van der Waals surface area contributed by atoms with Gasteiger partial charge >= 0.3 is 0 Å². The number of ether oxygens (including phenoxy) is 1. The van der Waals surface area contributed by atoms with Gasteiger partial charge in [0.05, 0.1) is 12.1 Å². The topological polar surface area (TPSA) is 29.5 Å². The molecule has 1 heterocycles. The zero-order valence-corrected chi connectivity index (χ0v) is 8.88. The number of carbonyl (C=O) groups excluding carboxylic acids is 1. The van der Waals surface area contributed by atoms with Gasteiger partial charge in [0.1, 0.15) is 0 Å². The summed E-state index contributed by atoms with van der Waals surface area (Å²) < 4.78 is 5.39. The summed E-state index contributed by atoms with van der Waals surface area (Å²) >= 11 is 5.50. The smallest absolute Gasteiger partial charge is 0.223 e. The van der Waals surface area contributed by atoms with E-state index in [1.807, 2.05) is 14.0 Å². The molecule has 0 aromatic rings. The highest BCUT2D eigenvalue weighted by atomic mass is 35.5. The predicted octanol–water partition coefficient (Wildman–Crippen LogP) is 1.25. The van der Waals surface area contributed by atoms with E-state index in [-0.39, 0.29) is 18.1 Å². The molecule has 1 aliphatic rings. The van der Waals surface area contributed by atoms with Crippen LogP contribution >= 0.6 is 11.6 Å². The Morgan fingerprint density at radius 1 is 1.69 bits per heavy atom. The second-order valence-electron chi connectivity index (χ2n) is 3.38. The highest BCUT2D eigenvalue weighted by Gasteiger charge is 2.29. The Labute approximate surface area is 84.0 Å². The Bertz CT molecular complexity index is 186. The summed E-state index contributed by atoms with van der Waals surface area (Å²) in [5.41, 5.74) is 0. The fourth-order valence-electron chi connectivity index (χ4n) is 1.67. The maximum Gasteiger partial charge on any atom is 0.223 e. The van der Waals surface area contributed by atoms with Crippen LogP contribution in [0.3, 0.4) is 0 Å². The van der Waals surface area contributed by atoms with Crippen LogP contribution in [-0.4, -0.2) is 42.5 Å². The molecule has 0 radical (unpaired) electrons. The highest BCUT2D eigenvalue weighted by molar-refractivity contribution is 6.18. The predicted molar refractivity (Wildman–Crippen MR) is 51.9 cm³/mol. The lowest BCUT2D eigenvalue weighted by molar-refractivity contribution is -0.132. The molecule has 0 bridgehead atoms. The largest absolute Gasteiger partial charge is 0.376 e. The molecule has 0 saturated carbocycles. The van der Waals surface area contributed by atoms with Crippen LogP contribution < -0.4 is 0 Å². The number of amides is 1. The quantitative estimate of drug-likeness (QED) is 0.650. The van der Waals surface area contributed by atoms with Crippen molar-refractivity contribution in [1.29, 1.82) is 0 Å². The molecular weight excluding hydrogens is 190 g/mol. The zero-order chi connectivity index (χ0) is 9.84. The minimum Gasteiger partial charge on any atom is -0.376 e. The van der Waals surface area contributed by atoms with Crippen LogP contribution in [0.1, 0.15) is 19.8 Å². The van der Waals surface area contributed by atoms with Crippen molar-refractivity contribution >= 4 is 17.5 Å². The number of halogens is 1. The maximum absolute atomic E-state index is 11.5. The molecule has 1 aliphatic heterocycles. The van der Waals surface area contributed by atoms with Crippen LogP contribution in [0.2, 0.25) is 0 Å². The maximum atomic E-state index is 11.5. The molecular formula is C9H16ClNO2. The fourth-order valence-corrected chi connectivity index (χ4v) is 1.83. The van der Waals surface area contributed by atoms with Crippen molar-refractivity contribution in [2.45, 2.75) is 31.9 Å². The molecule has 3 nitrogen and oxygen atoms in total. The molecule has 0 spiro atoms. The lowest BCUT2D eigenvalue weighted by Gasteiger charge is -2.26. The third-order valence-corrected chi connectivity index (χ3v) is 2.72. The van der Waals surface area contributed by atoms with E-state index in [0.29, 0.717) is 12.3 Å². The fraction of sp³-hybridized carbons (Fsp3) is 0.889. The first-order valence-corrected chi connectivity index (χ1v) is 5.13. The van der Waals surface area contributed by atoms with Gasteiger partial charge in [0.2, 0.25) is 5.91 Å². The van der Waals surface area contributed by atoms with Gasteiger partial charge in [0.25, 0.3) is 0 Å². The Kier molecular flexibility index (Phi) is 4.00.